The Bertz CT molecular complexity index is 716. The second-order valence-electron chi connectivity index (χ2n) is 6.21. The van der Waals surface area contributed by atoms with E-state index in [1.807, 2.05) is 6.92 Å². The first kappa shape index (κ1) is 23.6. The molecule has 1 rings (SSSR count). The molecule has 8 nitrogen and oxygen atoms in total. The maximum atomic E-state index is 12.8. The van der Waals surface area contributed by atoms with Crippen LogP contribution in [0.2, 0.25) is 0 Å². The van der Waals surface area contributed by atoms with Crippen LogP contribution < -0.4 is 11.1 Å². The Morgan fingerprint density at radius 1 is 1.43 bits per heavy atom. The number of nitrogens with two attached hydrogens (primary N) is 1. The van der Waals surface area contributed by atoms with Gasteiger partial charge >= 0.3 is 5.97 Å². The average Bonchev–Trinajstić information content (AvgIpc) is 3.02. The minimum Gasteiger partial charge on any atom is -0.490 e. The topological polar surface area (TPSA) is 120 Å². The molecule has 2 atom stereocenters. The highest BCUT2D eigenvalue weighted by atomic mass is 32.2. The number of hydrogen-bond donors (Lipinski definition) is 2. The summed E-state index contributed by atoms with van der Waals surface area (Å²) in [4.78, 5) is 39.8. The van der Waals surface area contributed by atoms with Crippen molar-refractivity contribution in [3.8, 4) is 0 Å². The predicted molar refractivity (Wildman–Crippen MR) is 109 cm³/mol. The zero-order valence-corrected chi connectivity index (χ0v) is 17.3. The lowest BCUT2D eigenvalue weighted by Gasteiger charge is -2.25. The van der Waals surface area contributed by atoms with Gasteiger partial charge in [-0.25, -0.2) is 4.99 Å². The van der Waals surface area contributed by atoms with Crippen LogP contribution in [-0.4, -0.2) is 46.8 Å². The number of nitrogens with zero attached hydrogens (tertiary/aromatic N) is 1. The minimum atomic E-state index is -1.56. The van der Waals surface area contributed by atoms with Crippen molar-refractivity contribution < 1.29 is 23.9 Å². The van der Waals surface area contributed by atoms with E-state index < -0.39 is 23.6 Å². The summed E-state index contributed by atoms with van der Waals surface area (Å²) in [5.41, 5.74) is 4.53. The van der Waals surface area contributed by atoms with E-state index in [9.17, 15) is 14.4 Å². The summed E-state index contributed by atoms with van der Waals surface area (Å²) < 4.78 is 10.6. The Morgan fingerprint density at radius 3 is 2.61 bits per heavy atom. The number of ketones is 1. The van der Waals surface area contributed by atoms with Crippen molar-refractivity contribution in [2.75, 3.05) is 12.4 Å². The maximum Gasteiger partial charge on any atom is 0.307 e. The number of carbonyl (C=O) groups excluding carboxylic acids is 3. The van der Waals surface area contributed by atoms with Gasteiger partial charge in [0.1, 0.15) is 23.2 Å². The van der Waals surface area contributed by atoms with Gasteiger partial charge in [0.15, 0.2) is 11.4 Å². The van der Waals surface area contributed by atoms with Crippen LogP contribution in [0.15, 0.2) is 41.8 Å². The normalized spacial score (nSPS) is 20.0. The van der Waals surface area contributed by atoms with Crippen molar-refractivity contribution in [2.24, 2.45) is 10.7 Å². The molecule has 1 aliphatic heterocycles. The van der Waals surface area contributed by atoms with Crippen LogP contribution in [-0.2, 0) is 23.9 Å². The number of thioether (sulfide) groups is 1. The molecule has 1 amide bonds. The summed E-state index contributed by atoms with van der Waals surface area (Å²) >= 11 is 1.14. The van der Waals surface area contributed by atoms with Gasteiger partial charge in [0.05, 0.1) is 6.04 Å². The molecule has 0 aromatic heterocycles. The molecule has 0 saturated carbocycles. The fraction of sp³-hybridized carbons (Fsp3) is 0.474. The van der Waals surface area contributed by atoms with Crippen molar-refractivity contribution >= 4 is 34.5 Å². The molecule has 0 aromatic carbocycles. The Labute approximate surface area is 169 Å². The largest absolute Gasteiger partial charge is 0.490 e. The first-order chi connectivity index (χ1) is 13.1. The van der Waals surface area contributed by atoms with E-state index in [4.69, 9.17) is 15.2 Å². The number of esters is 1. The summed E-state index contributed by atoms with van der Waals surface area (Å²) in [6.07, 6.45) is 4.17. The van der Waals surface area contributed by atoms with Crippen LogP contribution in [0.4, 0.5) is 0 Å². The molecule has 9 heteroatoms. The highest BCUT2D eigenvalue weighted by molar-refractivity contribution is 8.16. The number of hydrogen-bond acceptors (Lipinski definition) is 8. The number of allylic oxidation sites excluding steroid dienone is 1. The first-order valence-electron chi connectivity index (χ1n) is 8.79. The molecular formula is C19H27N3O5S. The second-order valence-corrected chi connectivity index (χ2v) is 7.17. The average molecular weight is 410 g/mol. The number of amides is 1. The zero-order chi connectivity index (χ0) is 21.3. The molecule has 0 saturated heterocycles. The van der Waals surface area contributed by atoms with Crippen molar-refractivity contribution in [3.05, 3.63) is 36.8 Å². The zero-order valence-electron chi connectivity index (χ0n) is 16.4. The standard InChI is InChI=1S/C19H27N3O5S/c1-6-8-15(16(27-14(5)24)10-12(3)26-9-7-2)21-18(25)19(20)11-28-17(22-19)13(4)23/h7,10,15H,2-3,6,8-9,11,20H2,1,4-5H3,(H,21,25)/b16-10-/t15-,19+/m1/s1. The highest BCUT2D eigenvalue weighted by Gasteiger charge is 2.41. The van der Waals surface area contributed by atoms with E-state index in [1.54, 1.807) is 6.08 Å². The van der Waals surface area contributed by atoms with Crippen molar-refractivity contribution in [1.82, 2.24) is 5.32 Å². The Morgan fingerprint density at radius 2 is 2.11 bits per heavy atom. The Kier molecular flexibility index (Phi) is 9.14. The van der Waals surface area contributed by atoms with Gasteiger partial charge in [-0.3, -0.25) is 20.1 Å². The number of Topliss-reactive ketones (excluding diaryl/α,β-unsaturated/α-hetero) is 1. The third-order valence-corrected chi connectivity index (χ3v) is 4.84. The first-order valence-corrected chi connectivity index (χ1v) is 9.77. The van der Waals surface area contributed by atoms with Gasteiger partial charge in [-0.1, -0.05) is 44.3 Å². The number of nitrogens with one attached hydrogen (secondary N) is 1. The van der Waals surface area contributed by atoms with Gasteiger partial charge in [0.2, 0.25) is 0 Å². The molecule has 0 aromatic rings. The summed E-state index contributed by atoms with van der Waals surface area (Å²) in [7, 11) is 0. The molecule has 0 bridgehead atoms. The third kappa shape index (κ3) is 6.97. The van der Waals surface area contributed by atoms with Crippen LogP contribution in [0.3, 0.4) is 0 Å². The van der Waals surface area contributed by atoms with E-state index in [2.05, 4.69) is 23.5 Å². The number of ether oxygens (including phenoxy) is 2. The fourth-order valence-corrected chi connectivity index (χ4v) is 3.29. The minimum absolute atomic E-state index is 0.147. The lowest BCUT2D eigenvalue weighted by molar-refractivity contribution is -0.138. The molecule has 0 spiro atoms. The smallest absolute Gasteiger partial charge is 0.307 e. The molecule has 0 radical (unpaired) electrons. The predicted octanol–water partition coefficient (Wildman–Crippen LogP) is 1.82. The molecule has 1 heterocycles. The number of carbonyl (C=O) groups is 3. The lowest BCUT2D eigenvalue weighted by Crippen LogP contribution is -2.56. The van der Waals surface area contributed by atoms with Gasteiger partial charge < -0.3 is 14.8 Å². The van der Waals surface area contributed by atoms with E-state index in [0.29, 0.717) is 12.8 Å². The SMILES string of the molecule is C=CCOC(=C)/C=C(\OC(C)=O)[C@@H](CCC)NC(=O)[C@]1(N)CSC(C(C)=O)=N1. The molecule has 154 valence electrons. The van der Waals surface area contributed by atoms with E-state index in [-0.39, 0.29) is 34.7 Å². The fourth-order valence-electron chi connectivity index (χ4n) is 2.31. The van der Waals surface area contributed by atoms with Crippen LogP contribution in [0.1, 0.15) is 33.6 Å². The van der Waals surface area contributed by atoms with Crippen LogP contribution in [0, 0.1) is 0 Å². The van der Waals surface area contributed by atoms with Gasteiger partial charge in [-0.15, -0.1) is 0 Å². The van der Waals surface area contributed by atoms with Crippen LogP contribution >= 0.6 is 11.8 Å². The second kappa shape index (κ2) is 10.8. The van der Waals surface area contributed by atoms with Gasteiger partial charge in [0, 0.05) is 25.7 Å². The summed E-state index contributed by atoms with van der Waals surface area (Å²) in [5.74, 6) is -0.774. The van der Waals surface area contributed by atoms with E-state index in [1.165, 1.54) is 19.9 Å². The van der Waals surface area contributed by atoms with Crippen molar-refractivity contribution in [3.63, 3.8) is 0 Å². The molecule has 0 unspecified atom stereocenters. The van der Waals surface area contributed by atoms with Crippen molar-refractivity contribution in [2.45, 2.75) is 45.3 Å². The third-order valence-electron chi connectivity index (χ3n) is 3.60. The van der Waals surface area contributed by atoms with Gasteiger partial charge in [-0.2, -0.15) is 0 Å². The van der Waals surface area contributed by atoms with Crippen LogP contribution in [0.25, 0.3) is 0 Å². The van der Waals surface area contributed by atoms with E-state index in [0.717, 1.165) is 11.8 Å². The summed E-state index contributed by atoms with van der Waals surface area (Å²) in [5, 5.41) is 2.98. The molecule has 3 N–H and O–H groups in total. The van der Waals surface area contributed by atoms with Crippen LogP contribution in [0.5, 0.6) is 0 Å². The molecule has 28 heavy (non-hydrogen) atoms. The highest BCUT2D eigenvalue weighted by Crippen LogP contribution is 2.25. The van der Waals surface area contributed by atoms with Gasteiger partial charge in [0.25, 0.3) is 5.91 Å². The van der Waals surface area contributed by atoms with E-state index >= 15 is 0 Å². The molecule has 0 fully saturated rings. The molecule has 0 aliphatic carbocycles. The quantitative estimate of drug-likeness (QED) is 0.231. The monoisotopic (exact) mass is 409 g/mol. The maximum absolute atomic E-state index is 12.8. The molecule has 1 aliphatic rings. The molecular weight excluding hydrogens is 382 g/mol. The Hall–Kier alpha value is -2.39. The van der Waals surface area contributed by atoms with Crippen molar-refractivity contribution in [1.29, 1.82) is 0 Å². The van der Waals surface area contributed by atoms with Gasteiger partial charge in [-0.05, 0) is 6.42 Å². The summed E-state index contributed by atoms with van der Waals surface area (Å²) in [6, 6.07) is -0.646. The Balaban J connectivity index is 3.07. The summed E-state index contributed by atoms with van der Waals surface area (Å²) in [6.45, 7) is 12.1. The lowest BCUT2D eigenvalue weighted by atomic mass is 10.1. The number of aliphatic imine (C=N–C) groups is 1. The number of rotatable bonds is 11.